The van der Waals surface area contributed by atoms with E-state index in [1.54, 1.807) is 0 Å². The van der Waals surface area contributed by atoms with Crippen molar-refractivity contribution in [2.45, 2.75) is 68.7 Å². The summed E-state index contributed by atoms with van der Waals surface area (Å²) in [5.41, 5.74) is 0. The molecule has 0 aromatic rings. The van der Waals surface area contributed by atoms with E-state index in [1.165, 1.54) is 0 Å². The molecule has 21 heteroatoms. The number of likely N-dealkylation sites (N-methyl/N-ethyl adjacent to an activating group) is 5. The average Bonchev–Trinajstić information content (AvgIpc) is 3.17. The number of nitrogens with zero attached hydrogens (tertiary/aromatic N) is 5. The lowest BCUT2D eigenvalue weighted by Gasteiger charge is -2.37. The van der Waals surface area contributed by atoms with Crippen molar-refractivity contribution >= 4 is 11.9 Å². The van der Waals surface area contributed by atoms with Gasteiger partial charge >= 0.3 is 11.9 Å². The van der Waals surface area contributed by atoms with Gasteiger partial charge in [0.05, 0.1) is 91.9 Å². The van der Waals surface area contributed by atoms with Gasteiger partial charge in [-0.3, -0.25) is 9.59 Å². The molecule has 0 amide bonds. The van der Waals surface area contributed by atoms with Gasteiger partial charge in [0.15, 0.2) is 0 Å². The SMILES string of the molecule is CN(C)CC(O)COCCCOCC(O)C[N+](C)(C)CCOC(=O)CCC(=O)OCC[N+](C)(CC(O)COCCCOCC(O)CN(C)C)CC(O)COCCCOCC(O)CN(C)C. The van der Waals surface area contributed by atoms with Crippen molar-refractivity contribution in [1.82, 2.24) is 14.7 Å². The largest absolute Gasteiger partial charge is 0.460 e. The number of aliphatic hydroxyl groups is 6. The molecule has 0 saturated carbocycles. The second kappa shape index (κ2) is 38.1. The van der Waals surface area contributed by atoms with Crippen LogP contribution in [0.4, 0.5) is 0 Å². The maximum Gasteiger partial charge on any atom is 0.306 e. The first-order valence-corrected chi connectivity index (χ1v) is 23.1. The maximum absolute atomic E-state index is 12.6. The Balaban J connectivity index is 4.73. The van der Waals surface area contributed by atoms with Crippen molar-refractivity contribution in [3.05, 3.63) is 0 Å². The molecule has 6 unspecified atom stereocenters. The normalized spacial score (nSPS) is 16.1. The van der Waals surface area contributed by atoms with Gasteiger partial charge in [0, 0.05) is 59.3 Å². The standard InChI is InChI=1S/C44H93N5O16/c1-45(2)25-37(50)31-58-17-10-20-61-34-40(53)28-48(7,8)15-23-64-43(56)13-14-44(57)65-24-16-49(9,29-41(54)35-62-21-11-18-59-32-38(51)26-46(3)4)30-42(55)36-63-22-12-19-60-33-39(52)27-47(5)6/h37-42,50-55H,10-36H2,1-9H3/q+2. The lowest BCUT2D eigenvalue weighted by molar-refractivity contribution is -0.915. The van der Waals surface area contributed by atoms with Gasteiger partial charge in [-0.05, 0) is 61.5 Å². The van der Waals surface area contributed by atoms with Crippen LogP contribution >= 0.6 is 0 Å². The van der Waals surface area contributed by atoms with Crippen molar-refractivity contribution in [1.29, 1.82) is 0 Å². The Bertz CT molecular complexity index is 1120. The number of quaternary nitrogens is 2. The van der Waals surface area contributed by atoms with Crippen molar-refractivity contribution in [3.63, 3.8) is 0 Å². The fourth-order valence-corrected chi connectivity index (χ4v) is 6.76. The van der Waals surface area contributed by atoms with Crippen LogP contribution in [0.15, 0.2) is 0 Å². The van der Waals surface area contributed by atoms with Crippen molar-refractivity contribution in [3.8, 4) is 0 Å². The minimum Gasteiger partial charge on any atom is -0.460 e. The van der Waals surface area contributed by atoms with Crippen LogP contribution < -0.4 is 0 Å². The summed E-state index contributed by atoms with van der Waals surface area (Å²) >= 11 is 0. The van der Waals surface area contributed by atoms with E-state index in [0.717, 1.165) is 0 Å². The summed E-state index contributed by atoms with van der Waals surface area (Å²) in [5.74, 6) is -1.13. The van der Waals surface area contributed by atoms with E-state index in [4.69, 9.17) is 37.9 Å². The number of hydrogen-bond donors (Lipinski definition) is 6. The van der Waals surface area contributed by atoms with Crippen molar-refractivity contribution in [2.24, 2.45) is 0 Å². The van der Waals surface area contributed by atoms with Gasteiger partial charge in [0.1, 0.15) is 64.2 Å². The van der Waals surface area contributed by atoms with E-state index in [1.807, 2.05) is 78.1 Å². The molecule has 0 aliphatic rings. The molecule has 388 valence electrons. The Morgan fingerprint density at radius 3 is 1.00 bits per heavy atom. The highest BCUT2D eigenvalue weighted by atomic mass is 16.5. The quantitative estimate of drug-likeness (QED) is 0.0210. The highest BCUT2D eigenvalue weighted by Gasteiger charge is 2.30. The van der Waals surface area contributed by atoms with E-state index < -0.39 is 48.6 Å². The van der Waals surface area contributed by atoms with Crippen LogP contribution in [0.3, 0.4) is 0 Å². The fourth-order valence-electron chi connectivity index (χ4n) is 6.76. The molecule has 6 atom stereocenters. The Kier molecular flexibility index (Phi) is 37.1. The van der Waals surface area contributed by atoms with E-state index in [2.05, 4.69) is 0 Å². The number of rotatable bonds is 45. The molecule has 0 bridgehead atoms. The first-order chi connectivity index (χ1) is 30.6. The Hall–Kier alpha value is -1.74. The molecule has 65 heavy (non-hydrogen) atoms. The van der Waals surface area contributed by atoms with Gasteiger partial charge in [0.25, 0.3) is 0 Å². The summed E-state index contributed by atoms with van der Waals surface area (Å²) < 4.78 is 44.8. The van der Waals surface area contributed by atoms with Gasteiger partial charge in [-0.1, -0.05) is 0 Å². The number of aliphatic hydroxyl groups excluding tert-OH is 6. The number of carbonyl (C=O) groups is 2. The van der Waals surface area contributed by atoms with Crippen LogP contribution in [0.25, 0.3) is 0 Å². The van der Waals surface area contributed by atoms with E-state index in [0.29, 0.717) is 96.1 Å². The number of esters is 2. The Morgan fingerprint density at radius 1 is 0.415 bits per heavy atom. The first kappa shape index (κ1) is 63.3. The first-order valence-electron chi connectivity index (χ1n) is 23.1. The van der Waals surface area contributed by atoms with Crippen LogP contribution in [0.1, 0.15) is 32.1 Å². The molecular weight excluding hydrogens is 855 g/mol. The molecule has 6 N–H and O–H groups in total. The highest BCUT2D eigenvalue weighted by molar-refractivity contribution is 5.77. The predicted octanol–water partition coefficient (Wildman–Crippen LogP) is -2.50. The zero-order valence-electron chi connectivity index (χ0n) is 41.6. The van der Waals surface area contributed by atoms with E-state index in [-0.39, 0.29) is 89.8 Å². The maximum atomic E-state index is 12.6. The molecule has 0 aliphatic carbocycles. The second-order valence-electron chi connectivity index (χ2n) is 18.7. The van der Waals surface area contributed by atoms with Gasteiger partial charge in [-0.15, -0.1) is 0 Å². The molecule has 0 radical (unpaired) electrons. The molecular formula is C44H93N5O16+2. The summed E-state index contributed by atoms with van der Waals surface area (Å²) in [7, 11) is 16.9. The smallest absolute Gasteiger partial charge is 0.306 e. The summed E-state index contributed by atoms with van der Waals surface area (Å²) in [6.07, 6.45) is -2.76. The van der Waals surface area contributed by atoms with Crippen LogP contribution in [0.5, 0.6) is 0 Å². The topological polar surface area (TPSA) is 239 Å². The Morgan fingerprint density at radius 2 is 0.692 bits per heavy atom. The second-order valence-corrected chi connectivity index (χ2v) is 18.7. The van der Waals surface area contributed by atoms with Gasteiger partial charge < -0.3 is 92.2 Å². The van der Waals surface area contributed by atoms with Crippen LogP contribution in [0.2, 0.25) is 0 Å². The molecule has 0 aromatic carbocycles. The molecule has 0 saturated heterocycles. The highest BCUT2D eigenvalue weighted by Crippen LogP contribution is 2.10. The van der Waals surface area contributed by atoms with Crippen LogP contribution in [0, 0.1) is 0 Å². The molecule has 0 fully saturated rings. The predicted molar refractivity (Wildman–Crippen MR) is 244 cm³/mol. The molecule has 0 aliphatic heterocycles. The number of hydrogen-bond acceptors (Lipinski definition) is 19. The van der Waals surface area contributed by atoms with Crippen LogP contribution in [-0.2, 0) is 47.5 Å². The monoisotopic (exact) mass is 948 g/mol. The average molecular weight is 948 g/mol. The third-order valence-electron chi connectivity index (χ3n) is 9.72. The van der Waals surface area contributed by atoms with Crippen molar-refractivity contribution in [2.75, 3.05) is 208 Å². The van der Waals surface area contributed by atoms with E-state index >= 15 is 0 Å². The van der Waals surface area contributed by atoms with Crippen LogP contribution in [-0.4, -0.2) is 311 Å². The van der Waals surface area contributed by atoms with Gasteiger partial charge in [-0.2, -0.15) is 0 Å². The molecule has 0 rings (SSSR count). The molecule has 21 nitrogen and oxygen atoms in total. The molecule has 0 heterocycles. The lowest BCUT2D eigenvalue weighted by Crippen LogP contribution is -2.55. The summed E-state index contributed by atoms with van der Waals surface area (Å²) in [6, 6.07) is 0. The molecule has 0 aromatic heterocycles. The third kappa shape index (κ3) is 41.0. The molecule has 0 spiro atoms. The summed E-state index contributed by atoms with van der Waals surface area (Å²) in [6.45, 7) is 6.36. The number of ether oxygens (including phenoxy) is 8. The summed E-state index contributed by atoms with van der Waals surface area (Å²) in [5, 5.41) is 62.0. The summed E-state index contributed by atoms with van der Waals surface area (Å²) in [4.78, 5) is 30.7. The van der Waals surface area contributed by atoms with E-state index in [9.17, 15) is 40.2 Å². The fraction of sp³-hybridized carbons (Fsp3) is 0.955. The minimum atomic E-state index is -0.891. The zero-order chi connectivity index (χ0) is 49.1. The number of carbonyl (C=O) groups excluding carboxylic acids is 2. The zero-order valence-corrected chi connectivity index (χ0v) is 41.6. The third-order valence-corrected chi connectivity index (χ3v) is 9.72. The van der Waals surface area contributed by atoms with Gasteiger partial charge in [-0.25, -0.2) is 0 Å². The minimum absolute atomic E-state index is 0.0216. The van der Waals surface area contributed by atoms with Crippen molar-refractivity contribution < 1.29 is 87.1 Å². The van der Waals surface area contributed by atoms with Gasteiger partial charge in [0.2, 0.25) is 0 Å². The Labute approximate surface area is 390 Å². The lowest BCUT2D eigenvalue weighted by atomic mass is 10.2.